The van der Waals surface area contributed by atoms with Crippen LogP contribution in [0.4, 0.5) is 0 Å². The summed E-state index contributed by atoms with van der Waals surface area (Å²) in [6, 6.07) is -0.931. The van der Waals surface area contributed by atoms with Crippen molar-refractivity contribution in [1.82, 2.24) is 20.8 Å². The number of carboxylic acids is 1. The van der Waals surface area contributed by atoms with Crippen molar-refractivity contribution in [1.29, 1.82) is 0 Å². The fourth-order valence-corrected chi connectivity index (χ4v) is 3.60. The number of aromatic nitrogens is 2. The molecule has 9 heteroatoms. The lowest BCUT2D eigenvalue weighted by Crippen LogP contribution is -2.45. The number of carbonyl (C=O) groups excluding carboxylic acids is 2. The summed E-state index contributed by atoms with van der Waals surface area (Å²) in [4.78, 5) is 39.4. The highest BCUT2D eigenvalue weighted by molar-refractivity contribution is 5.83. The van der Waals surface area contributed by atoms with Crippen molar-refractivity contribution in [3.05, 3.63) is 11.7 Å². The van der Waals surface area contributed by atoms with E-state index in [1.807, 2.05) is 0 Å². The van der Waals surface area contributed by atoms with E-state index in [4.69, 9.17) is 9.63 Å². The van der Waals surface area contributed by atoms with E-state index < -0.39 is 17.6 Å². The molecule has 1 saturated carbocycles. The van der Waals surface area contributed by atoms with E-state index in [1.165, 1.54) is 6.92 Å². The zero-order valence-electron chi connectivity index (χ0n) is 16.8. The highest BCUT2D eigenvalue weighted by Gasteiger charge is 2.38. The molecule has 0 radical (unpaired) electrons. The number of nitrogens with zero attached hydrogens (tertiary/aromatic N) is 2. The molecule has 28 heavy (non-hydrogen) atoms. The molecule has 2 rings (SSSR count). The third kappa shape index (κ3) is 5.77. The number of carbonyl (C=O) groups is 3. The first-order chi connectivity index (χ1) is 13.2. The maximum Gasteiger partial charge on any atom is 0.326 e. The van der Waals surface area contributed by atoms with E-state index in [0.29, 0.717) is 11.7 Å². The molecule has 3 N–H and O–H groups in total. The Morgan fingerprint density at radius 2 is 1.82 bits per heavy atom. The number of hydrogen-bond donors (Lipinski definition) is 3. The molecule has 0 aromatic carbocycles. The van der Waals surface area contributed by atoms with Gasteiger partial charge < -0.3 is 20.3 Å². The van der Waals surface area contributed by atoms with Crippen LogP contribution in [0.2, 0.25) is 0 Å². The lowest BCUT2D eigenvalue weighted by atomic mass is 9.89. The topological polar surface area (TPSA) is 134 Å². The smallest absolute Gasteiger partial charge is 0.326 e. The standard InChI is InChI=1S/C19H30N4O5/c1-12(2)16(17(26)27)20-14(25)8-9-15-21-18(23-28-15)19(22-13(3)24)10-6-4-5-7-11-19/h12,16H,4-11H2,1-3H3,(H,20,25)(H,22,24)(H,26,27)/t16-/m1/s1. The van der Waals surface area contributed by atoms with Crippen molar-refractivity contribution in [3.8, 4) is 0 Å². The van der Waals surface area contributed by atoms with Crippen LogP contribution in [0.1, 0.15) is 77.4 Å². The summed E-state index contributed by atoms with van der Waals surface area (Å²) in [7, 11) is 0. The van der Waals surface area contributed by atoms with Crippen LogP contribution in [-0.4, -0.2) is 39.1 Å². The van der Waals surface area contributed by atoms with Gasteiger partial charge in [0.05, 0.1) is 0 Å². The third-order valence-electron chi connectivity index (χ3n) is 5.08. The van der Waals surface area contributed by atoms with Gasteiger partial charge in [0.2, 0.25) is 17.7 Å². The fraction of sp³-hybridized carbons (Fsp3) is 0.737. The monoisotopic (exact) mass is 394 g/mol. The quantitative estimate of drug-likeness (QED) is 0.573. The largest absolute Gasteiger partial charge is 0.480 e. The van der Waals surface area contributed by atoms with Gasteiger partial charge in [-0.15, -0.1) is 0 Å². The molecule has 0 aliphatic heterocycles. The van der Waals surface area contributed by atoms with Gasteiger partial charge in [-0.25, -0.2) is 4.79 Å². The van der Waals surface area contributed by atoms with E-state index >= 15 is 0 Å². The molecule has 1 aromatic rings. The summed E-state index contributed by atoms with van der Waals surface area (Å²) in [5.74, 6) is -1.05. The van der Waals surface area contributed by atoms with Gasteiger partial charge in [-0.05, 0) is 18.8 Å². The fourth-order valence-electron chi connectivity index (χ4n) is 3.60. The van der Waals surface area contributed by atoms with Gasteiger partial charge in [-0.2, -0.15) is 4.98 Å². The summed E-state index contributed by atoms with van der Waals surface area (Å²) in [5.41, 5.74) is -0.627. The van der Waals surface area contributed by atoms with Crippen LogP contribution in [0.15, 0.2) is 4.52 Å². The highest BCUT2D eigenvalue weighted by Crippen LogP contribution is 2.34. The molecule has 1 fully saturated rings. The Kier molecular flexibility index (Phi) is 7.53. The van der Waals surface area contributed by atoms with Crippen LogP contribution in [0.25, 0.3) is 0 Å². The minimum absolute atomic E-state index is 0.0469. The van der Waals surface area contributed by atoms with Gasteiger partial charge in [0.15, 0.2) is 5.82 Å². The maximum absolute atomic E-state index is 12.1. The summed E-state index contributed by atoms with van der Waals surface area (Å²) in [6.07, 6.45) is 5.91. The first kappa shape index (κ1) is 21.8. The zero-order valence-corrected chi connectivity index (χ0v) is 16.8. The minimum atomic E-state index is -1.06. The zero-order chi connectivity index (χ0) is 20.7. The lowest BCUT2D eigenvalue weighted by Gasteiger charge is -2.30. The van der Waals surface area contributed by atoms with E-state index in [0.717, 1.165) is 38.5 Å². The van der Waals surface area contributed by atoms with Gasteiger partial charge in [-0.3, -0.25) is 9.59 Å². The Labute approximate surface area is 164 Å². The second-order valence-electron chi connectivity index (χ2n) is 7.82. The average molecular weight is 394 g/mol. The number of carboxylic acid groups (broad SMARTS) is 1. The number of rotatable bonds is 8. The number of amides is 2. The van der Waals surface area contributed by atoms with Crippen molar-refractivity contribution in [3.63, 3.8) is 0 Å². The van der Waals surface area contributed by atoms with Gasteiger partial charge in [0, 0.05) is 19.8 Å². The van der Waals surface area contributed by atoms with Crippen molar-refractivity contribution in [2.45, 2.75) is 83.7 Å². The predicted octanol–water partition coefficient (Wildman–Crippen LogP) is 1.91. The second-order valence-corrected chi connectivity index (χ2v) is 7.82. The van der Waals surface area contributed by atoms with Gasteiger partial charge in [0.1, 0.15) is 11.6 Å². The Balaban J connectivity index is 2.02. The van der Waals surface area contributed by atoms with E-state index in [2.05, 4.69) is 20.8 Å². The number of aryl methyl sites for hydroxylation is 1. The Hall–Kier alpha value is -2.45. The van der Waals surface area contributed by atoms with Crippen molar-refractivity contribution >= 4 is 17.8 Å². The van der Waals surface area contributed by atoms with Gasteiger partial charge in [0.25, 0.3) is 0 Å². The van der Waals surface area contributed by atoms with E-state index in [1.54, 1.807) is 13.8 Å². The summed E-state index contributed by atoms with van der Waals surface area (Å²) >= 11 is 0. The third-order valence-corrected chi connectivity index (χ3v) is 5.08. The molecule has 1 aliphatic rings. The highest BCUT2D eigenvalue weighted by atomic mass is 16.5. The maximum atomic E-state index is 12.1. The second kappa shape index (κ2) is 9.66. The number of nitrogens with one attached hydrogen (secondary N) is 2. The van der Waals surface area contributed by atoms with Crippen LogP contribution in [0.3, 0.4) is 0 Å². The number of hydrogen-bond acceptors (Lipinski definition) is 6. The SMILES string of the molecule is CC(=O)NC1(c2noc(CCC(=O)N[C@@H](C(=O)O)C(C)C)n2)CCCCCC1. The lowest BCUT2D eigenvalue weighted by molar-refractivity contribution is -0.143. The van der Waals surface area contributed by atoms with Crippen LogP contribution < -0.4 is 10.6 Å². The molecule has 1 aliphatic carbocycles. The Bertz CT molecular complexity index is 692. The first-order valence-electron chi connectivity index (χ1n) is 9.87. The molecule has 9 nitrogen and oxygen atoms in total. The molecule has 0 unspecified atom stereocenters. The summed E-state index contributed by atoms with van der Waals surface area (Å²) in [5, 5.41) is 18.8. The summed E-state index contributed by atoms with van der Waals surface area (Å²) < 4.78 is 5.31. The molecule has 1 atom stereocenters. The Morgan fingerprint density at radius 3 is 2.36 bits per heavy atom. The van der Waals surface area contributed by atoms with Crippen LogP contribution >= 0.6 is 0 Å². The van der Waals surface area contributed by atoms with Crippen LogP contribution in [0, 0.1) is 5.92 Å². The van der Waals surface area contributed by atoms with E-state index in [9.17, 15) is 14.4 Å². The van der Waals surface area contributed by atoms with Gasteiger partial charge in [-0.1, -0.05) is 44.7 Å². The normalized spacial score (nSPS) is 17.6. The molecule has 0 saturated heterocycles. The molecule has 0 bridgehead atoms. The molecular weight excluding hydrogens is 364 g/mol. The van der Waals surface area contributed by atoms with Gasteiger partial charge >= 0.3 is 5.97 Å². The Morgan fingerprint density at radius 1 is 1.18 bits per heavy atom. The summed E-state index contributed by atoms with van der Waals surface area (Å²) in [6.45, 7) is 4.95. The minimum Gasteiger partial charge on any atom is -0.480 e. The molecule has 1 aromatic heterocycles. The van der Waals surface area contributed by atoms with E-state index in [-0.39, 0.29) is 30.6 Å². The first-order valence-corrected chi connectivity index (χ1v) is 9.87. The van der Waals surface area contributed by atoms with Crippen molar-refractivity contribution in [2.24, 2.45) is 5.92 Å². The molecule has 2 amide bonds. The van der Waals surface area contributed by atoms with Crippen molar-refractivity contribution in [2.75, 3.05) is 0 Å². The van der Waals surface area contributed by atoms with Crippen LogP contribution in [0.5, 0.6) is 0 Å². The predicted molar refractivity (Wildman–Crippen MR) is 100 cm³/mol. The van der Waals surface area contributed by atoms with Crippen LogP contribution in [-0.2, 0) is 26.3 Å². The number of aliphatic carboxylic acids is 1. The molecule has 1 heterocycles. The molecule has 156 valence electrons. The van der Waals surface area contributed by atoms with Crippen molar-refractivity contribution < 1.29 is 24.0 Å². The molecular formula is C19H30N4O5. The average Bonchev–Trinajstić information content (AvgIpc) is 2.97. The molecule has 0 spiro atoms.